The van der Waals surface area contributed by atoms with Gasteiger partial charge in [-0.05, 0) is 62.7 Å². The minimum Gasteiger partial charge on any atom is -0.418 e. The van der Waals surface area contributed by atoms with Crippen LogP contribution in [-0.4, -0.2) is 14.9 Å². The van der Waals surface area contributed by atoms with Gasteiger partial charge in [0.25, 0.3) is 0 Å². The van der Waals surface area contributed by atoms with Gasteiger partial charge < -0.3 is 4.43 Å². The third-order valence-corrected chi connectivity index (χ3v) is 6.80. The highest BCUT2D eigenvalue weighted by Crippen LogP contribution is 2.36. The van der Waals surface area contributed by atoms with Gasteiger partial charge in [-0.1, -0.05) is 19.3 Å². The second kappa shape index (κ2) is 9.26. The lowest BCUT2D eigenvalue weighted by molar-refractivity contribution is -0.143. The van der Waals surface area contributed by atoms with Crippen molar-refractivity contribution < 1.29 is 30.8 Å². The van der Waals surface area contributed by atoms with Gasteiger partial charge in [0.05, 0.1) is 11.1 Å². The summed E-state index contributed by atoms with van der Waals surface area (Å²) in [6, 6.07) is 2.81. The fraction of sp³-hybridized carbons (Fsp3) is 0.667. The molecule has 0 N–H and O–H groups in total. The van der Waals surface area contributed by atoms with Crippen LogP contribution in [0.5, 0.6) is 0 Å². The Morgan fingerprint density at radius 2 is 1.31 bits per heavy atom. The van der Waals surface area contributed by atoms with Crippen molar-refractivity contribution in [3.05, 3.63) is 34.9 Å². The van der Waals surface area contributed by atoms with E-state index in [9.17, 15) is 26.3 Å². The number of hydrogen-bond donors (Lipinski definition) is 0. The minimum atomic E-state index is -4.79. The highest BCUT2D eigenvalue weighted by Gasteiger charge is 2.36. The third kappa shape index (κ3) is 8.12. The molecule has 0 amide bonds. The van der Waals surface area contributed by atoms with Crippen LogP contribution in [-0.2, 0) is 23.2 Å². The van der Waals surface area contributed by atoms with Crippen molar-refractivity contribution in [3.63, 3.8) is 0 Å². The SMILES string of the molecule is CCO[Si](C)(C)CCCCCCc1cc(C(F)(F)F)cc(C(F)(F)F)c1. The van der Waals surface area contributed by atoms with Crippen molar-refractivity contribution in [1.29, 1.82) is 0 Å². The Kier molecular flexibility index (Phi) is 8.20. The maximum absolute atomic E-state index is 12.8. The first-order valence-corrected chi connectivity index (χ1v) is 11.9. The molecule has 150 valence electrons. The molecule has 8 heteroatoms. The average Bonchev–Trinajstić information content (AvgIpc) is 2.48. The molecular formula is C18H26F6OSi. The number of rotatable bonds is 9. The summed E-state index contributed by atoms with van der Waals surface area (Å²) < 4.78 is 82.7. The number of benzene rings is 1. The normalized spacial score (nSPS) is 13.3. The predicted octanol–water partition coefficient (Wildman–Crippen LogP) is 7.07. The van der Waals surface area contributed by atoms with E-state index in [2.05, 4.69) is 13.1 Å². The van der Waals surface area contributed by atoms with E-state index in [-0.39, 0.29) is 18.1 Å². The van der Waals surface area contributed by atoms with Gasteiger partial charge in [-0.3, -0.25) is 0 Å². The number of unbranched alkanes of at least 4 members (excludes halogenated alkanes) is 3. The Bertz CT molecular complexity index is 534. The molecule has 0 saturated carbocycles. The van der Waals surface area contributed by atoms with Crippen LogP contribution in [0.3, 0.4) is 0 Å². The van der Waals surface area contributed by atoms with Crippen LogP contribution in [0.15, 0.2) is 18.2 Å². The summed E-state index contributed by atoms with van der Waals surface area (Å²) >= 11 is 0. The molecule has 0 saturated heterocycles. The van der Waals surface area contributed by atoms with E-state index in [1.807, 2.05) is 6.92 Å². The van der Waals surface area contributed by atoms with E-state index in [1.165, 1.54) is 0 Å². The van der Waals surface area contributed by atoms with Crippen molar-refractivity contribution in [2.45, 2.75) is 70.5 Å². The summed E-state index contributed by atoms with van der Waals surface area (Å²) in [5.41, 5.74) is -2.41. The smallest absolute Gasteiger partial charge is 0.416 e. The Morgan fingerprint density at radius 3 is 1.77 bits per heavy atom. The lowest BCUT2D eigenvalue weighted by atomic mass is 10.00. The first-order valence-electron chi connectivity index (χ1n) is 8.77. The zero-order valence-corrected chi connectivity index (χ0v) is 16.4. The van der Waals surface area contributed by atoms with Crippen LogP contribution >= 0.6 is 0 Å². The van der Waals surface area contributed by atoms with Gasteiger partial charge in [0.1, 0.15) is 0 Å². The second-order valence-corrected chi connectivity index (χ2v) is 11.3. The maximum Gasteiger partial charge on any atom is 0.416 e. The summed E-state index contributed by atoms with van der Waals surface area (Å²) in [7, 11) is -1.63. The topological polar surface area (TPSA) is 9.23 Å². The summed E-state index contributed by atoms with van der Waals surface area (Å²) in [6.07, 6.45) is -6.16. The molecule has 0 spiro atoms. The van der Waals surface area contributed by atoms with Crippen molar-refractivity contribution in [2.24, 2.45) is 0 Å². The molecule has 1 rings (SSSR count). The molecule has 26 heavy (non-hydrogen) atoms. The van der Waals surface area contributed by atoms with Gasteiger partial charge in [-0.15, -0.1) is 0 Å². The van der Waals surface area contributed by atoms with E-state index in [0.717, 1.165) is 37.4 Å². The van der Waals surface area contributed by atoms with Gasteiger partial charge >= 0.3 is 12.4 Å². The van der Waals surface area contributed by atoms with Crippen molar-refractivity contribution in [2.75, 3.05) is 6.61 Å². The summed E-state index contributed by atoms with van der Waals surface area (Å²) in [6.45, 7) is 6.92. The third-order valence-electron chi connectivity index (χ3n) is 4.18. The van der Waals surface area contributed by atoms with Crippen LogP contribution in [0.2, 0.25) is 19.1 Å². The first kappa shape index (κ1) is 23.0. The lowest BCUT2D eigenvalue weighted by Crippen LogP contribution is -2.29. The monoisotopic (exact) mass is 400 g/mol. The molecule has 1 aromatic carbocycles. The maximum atomic E-state index is 12.8. The quantitative estimate of drug-likeness (QED) is 0.245. The number of alkyl halides is 6. The second-order valence-electron chi connectivity index (χ2n) is 7.02. The van der Waals surface area contributed by atoms with Crippen molar-refractivity contribution in [1.82, 2.24) is 0 Å². The van der Waals surface area contributed by atoms with Gasteiger partial charge in [0, 0.05) is 6.61 Å². The fourth-order valence-corrected chi connectivity index (χ4v) is 4.89. The van der Waals surface area contributed by atoms with Crippen LogP contribution in [0, 0.1) is 0 Å². The predicted molar refractivity (Wildman–Crippen MR) is 92.5 cm³/mol. The molecule has 1 aromatic rings. The molecule has 0 heterocycles. The summed E-state index contributed by atoms with van der Waals surface area (Å²) in [5.74, 6) is 0. The summed E-state index contributed by atoms with van der Waals surface area (Å²) in [5, 5.41) is 0. The zero-order chi connectivity index (χ0) is 20.0. The standard InChI is InChI=1S/C18H26F6OSi/c1-4-25-26(2,3)10-8-6-5-7-9-14-11-15(17(19,20)21)13-16(12-14)18(22,23)24/h11-13H,4-10H2,1-3H3. The van der Waals surface area contributed by atoms with E-state index in [1.54, 1.807) is 0 Å². The van der Waals surface area contributed by atoms with Gasteiger partial charge in [0.15, 0.2) is 8.32 Å². The van der Waals surface area contributed by atoms with E-state index in [4.69, 9.17) is 4.43 Å². The lowest BCUT2D eigenvalue weighted by Gasteiger charge is -2.21. The number of hydrogen-bond acceptors (Lipinski definition) is 1. The molecule has 0 fully saturated rings. The van der Waals surface area contributed by atoms with Crippen LogP contribution in [0.1, 0.15) is 49.3 Å². The largest absolute Gasteiger partial charge is 0.418 e. The Balaban J connectivity index is 2.59. The Labute approximate surface area is 151 Å². The fourth-order valence-electron chi connectivity index (χ4n) is 2.86. The molecule has 1 nitrogen and oxygen atoms in total. The minimum absolute atomic E-state index is 0.0798. The highest BCUT2D eigenvalue weighted by molar-refractivity contribution is 6.71. The average molecular weight is 400 g/mol. The van der Waals surface area contributed by atoms with E-state index in [0.29, 0.717) is 13.0 Å². The highest BCUT2D eigenvalue weighted by atomic mass is 28.4. The molecule has 0 aromatic heterocycles. The van der Waals surface area contributed by atoms with Crippen LogP contribution in [0.25, 0.3) is 0 Å². The first-order chi connectivity index (χ1) is 11.8. The van der Waals surface area contributed by atoms with Gasteiger partial charge in [-0.25, -0.2) is 0 Å². The van der Waals surface area contributed by atoms with Crippen LogP contribution in [0.4, 0.5) is 26.3 Å². The molecule has 0 atom stereocenters. The Hall–Kier alpha value is -1.02. The number of aryl methyl sites for hydroxylation is 1. The molecular weight excluding hydrogens is 374 g/mol. The number of halogens is 6. The van der Waals surface area contributed by atoms with Gasteiger partial charge in [-0.2, -0.15) is 26.3 Å². The van der Waals surface area contributed by atoms with Crippen molar-refractivity contribution in [3.8, 4) is 0 Å². The molecule has 0 aliphatic heterocycles. The van der Waals surface area contributed by atoms with Gasteiger partial charge in [0.2, 0.25) is 0 Å². The molecule has 0 unspecified atom stereocenters. The van der Waals surface area contributed by atoms with E-state index < -0.39 is 31.8 Å². The molecule has 0 aliphatic rings. The molecule has 0 bridgehead atoms. The Morgan fingerprint density at radius 1 is 0.808 bits per heavy atom. The van der Waals surface area contributed by atoms with Crippen molar-refractivity contribution >= 4 is 8.32 Å². The molecule has 0 radical (unpaired) electrons. The zero-order valence-electron chi connectivity index (χ0n) is 15.4. The van der Waals surface area contributed by atoms with Crippen LogP contribution < -0.4 is 0 Å². The summed E-state index contributed by atoms with van der Waals surface area (Å²) in [4.78, 5) is 0. The molecule has 0 aliphatic carbocycles. The van der Waals surface area contributed by atoms with E-state index >= 15 is 0 Å².